The molecule has 3 aromatic heterocycles. The number of nitrogens with zero attached hydrogens (tertiary/aromatic N) is 2. The Balaban J connectivity index is 0.00000192. The maximum atomic E-state index is 13.7. The normalized spacial score (nSPS) is 22.9. The van der Waals surface area contributed by atoms with Crippen LogP contribution < -0.4 is 24.8 Å². The summed E-state index contributed by atoms with van der Waals surface area (Å²) in [4.78, 5) is 32.1. The number of aryl methyl sites for hydroxylation is 4. The third-order valence-corrected chi connectivity index (χ3v) is 11.3. The van der Waals surface area contributed by atoms with Crippen LogP contribution in [0.1, 0.15) is 130 Å². The molecule has 0 spiro atoms. The molecule has 3 aromatic rings. The van der Waals surface area contributed by atoms with Gasteiger partial charge in [-0.25, -0.2) is 0 Å². The zero-order valence-corrected chi connectivity index (χ0v) is 33.1. The van der Waals surface area contributed by atoms with Gasteiger partial charge < -0.3 is 39.5 Å². The molecule has 0 amide bonds. The van der Waals surface area contributed by atoms with E-state index in [4.69, 9.17) is 14.7 Å². The second-order valence-corrected chi connectivity index (χ2v) is 13.0. The molecule has 2 aliphatic heterocycles. The number of aromatic nitrogens is 4. The molecule has 1 aliphatic carbocycles. The quantitative estimate of drug-likeness (QED) is 0.298. The maximum absolute atomic E-state index is 13.7. The van der Waals surface area contributed by atoms with Crippen LogP contribution in [0.5, 0.6) is 0 Å². The minimum Gasteiger partial charge on any atom is -1.00 e. The maximum Gasteiger partial charge on any atom is 2.00 e. The van der Waals surface area contributed by atoms with Gasteiger partial charge in [-0.15, -0.1) is 0 Å². The fourth-order valence-corrected chi connectivity index (χ4v) is 8.80. The van der Waals surface area contributed by atoms with Gasteiger partial charge in [0.25, 0.3) is 0 Å². The van der Waals surface area contributed by atoms with Crippen molar-refractivity contribution in [2.75, 3.05) is 6.61 Å². The van der Waals surface area contributed by atoms with Gasteiger partial charge in [-0.2, -0.15) is 0 Å². The summed E-state index contributed by atoms with van der Waals surface area (Å²) in [6, 6.07) is 6.83. The molecule has 6 rings (SSSR count). The third kappa shape index (κ3) is 5.62. The first-order valence-electron chi connectivity index (χ1n) is 16.6. The van der Waals surface area contributed by atoms with Crippen LogP contribution in [0.2, 0.25) is 0 Å². The fraction of sp³-hybridized carbons (Fsp3) is 0.541. The molecular formula is C37H48Cl2N4O2Sn. The number of H-pyrrole nitrogens is 2. The van der Waals surface area contributed by atoms with E-state index in [0.717, 1.165) is 65.0 Å². The van der Waals surface area contributed by atoms with Gasteiger partial charge in [0.05, 0.1) is 18.2 Å². The molecule has 0 saturated carbocycles. The molecule has 8 bridgehead atoms. The number of carbonyl (C=O) groups excluding carboxylic acids is 1. The molecule has 2 radical (unpaired) electrons. The van der Waals surface area contributed by atoms with Crippen molar-refractivity contribution in [2.45, 2.75) is 118 Å². The van der Waals surface area contributed by atoms with Crippen LogP contribution in [0.3, 0.4) is 0 Å². The van der Waals surface area contributed by atoms with Crippen molar-refractivity contribution in [2.24, 2.45) is 5.92 Å². The van der Waals surface area contributed by atoms with E-state index in [1.165, 1.54) is 33.3 Å². The average molecular weight is 770 g/mol. The first-order valence-corrected chi connectivity index (χ1v) is 16.6. The van der Waals surface area contributed by atoms with Gasteiger partial charge in [0.15, 0.2) is 0 Å². The number of fused-ring (bicyclic) bond motifs is 8. The van der Waals surface area contributed by atoms with Crippen LogP contribution in [0.25, 0.3) is 22.1 Å². The van der Waals surface area contributed by atoms with Crippen molar-refractivity contribution in [1.29, 1.82) is 0 Å². The number of aromatic amines is 2. The molecule has 5 heterocycles. The number of carbonyl (C=O) groups is 1. The van der Waals surface area contributed by atoms with Crippen LogP contribution in [0.4, 0.5) is 0 Å². The summed E-state index contributed by atoms with van der Waals surface area (Å²) in [6.45, 7) is 20.2. The topological polar surface area (TPSA) is 83.7 Å². The van der Waals surface area contributed by atoms with Crippen molar-refractivity contribution in [3.63, 3.8) is 0 Å². The Morgan fingerprint density at radius 3 is 1.98 bits per heavy atom. The zero-order chi connectivity index (χ0) is 30.8. The summed E-state index contributed by atoms with van der Waals surface area (Å²) in [5, 5.41) is 0. The molecule has 6 nitrogen and oxygen atoms in total. The van der Waals surface area contributed by atoms with E-state index in [1.807, 2.05) is 6.92 Å². The summed E-state index contributed by atoms with van der Waals surface area (Å²) in [6.07, 6.45) is 4.36. The second-order valence-electron chi connectivity index (χ2n) is 13.0. The number of ether oxygens (including phenoxy) is 1. The fourth-order valence-electron chi connectivity index (χ4n) is 8.80. The summed E-state index contributed by atoms with van der Waals surface area (Å²) in [5.41, 5.74) is 14.9. The smallest absolute Gasteiger partial charge is 1.00 e. The minimum atomic E-state index is -0.401. The number of esters is 1. The van der Waals surface area contributed by atoms with Crippen molar-refractivity contribution < 1.29 is 34.3 Å². The number of halogens is 2. The second kappa shape index (κ2) is 14.6. The van der Waals surface area contributed by atoms with E-state index in [0.29, 0.717) is 18.9 Å². The molecule has 3 aliphatic rings. The Hall–Kier alpha value is -2.03. The van der Waals surface area contributed by atoms with Gasteiger partial charge >= 0.3 is 29.9 Å². The van der Waals surface area contributed by atoms with E-state index in [1.54, 1.807) is 0 Å². The molecule has 5 unspecified atom stereocenters. The third-order valence-electron chi connectivity index (χ3n) is 11.3. The predicted molar refractivity (Wildman–Crippen MR) is 181 cm³/mol. The van der Waals surface area contributed by atoms with Gasteiger partial charge in [-0.3, -0.25) is 14.8 Å². The Labute approximate surface area is 303 Å². The first kappa shape index (κ1) is 38.4. The number of hydrogen-bond acceptors (Lipinski definition) is 4. The standard InChI is InChI=1S/C37H48N4O2.2ClH.Sn/c1-10-23-19(6)29-17-33-25(12-3)21(8)34(40-33)26-15-27(36(42)43-14-5)37(13-4)22(9)30(41-35(26)37)18-32-24(11-2)20(7)28(39-32)16-31(23)38-29;;;/h16-18,21-22,25,27,38-39H,10-15H2,1-9H3;2*1H;/q;;;+2/p-2. The largest absolute Gasteiger partial charge is 2.00 e. The molecule has 246 valence electrons. The Morgan fingerprint density at radius 1 is 0.870 bits per heavy atom. The van der Waals surface area contributed by atoms with Gasteiger partial charge in [0, 0.05) is 62.3 Å². The van der Waals surface area contributed by atoms with E-state index in [-0.39, 0.29) is 72.4 Å². The molecule has 0 aromatic carbocycles. The molecular weight excluding hydrogens is 722 g/mol. The van der Waals surface area contributed by atoms with Crippen LogP contribution >= 0.6 is 0 Å². The minimum absolute atomic E-state index is 0. The molecule has 2 N–H and O–H groups in total. The van der Waals surface area contributed by atoms with Crippen LogP contribution in [0.15, 0.2) is 18.2 Å². The molecule has 9 heteroatoms. The monoisotopic (exact) mass is 770 g/mol. The SMILES string of the molecule is CCOC(=O)C1Cc2c3nc(cc4[nH]c(cc5[nH]c(cc6nc2C1(CC)C6C)c(CC)c5C)c(CC)c4C)C(CC)C3C.[Cl-].[Cl-].[Sn+2]. The number of rotatable bonds is 6. The molecule has 0 saturated heterocycles. The van der Waals surface area contributed by atoms with Crippen LogP contribution in [-0.4, -0.2) is 56.4 Å². The molecule has 5 atom stereocenters. The Kier molecular flexibility index (Phi) is 12.2. The summed E-state index contributed by atoms with van der Waals surface area (Å²) < 4.78 is 5.74. The number of nitrogens with one attached hydrogen (secondary N) is 2. The van der Waals surface area contributed by atoms with Crippen LogP contribution in [0, 0.1) is 19.8 Å². The van der Waals surface area contributed by atoms with Crippen molar-refractivity contribution >= 4 is 51.9 Å². The van der Waals surface area contributed by atoms with E-state index >= 15 is 0 Å². The predicted octanol–water partition coefficient (Wildman–Crippen LogP) is 2.17. The van der Waals surface area contributed by atoms with Crippen molar-refractivity contribution in [3.05, 3.63) is 68.8 Å². The van der Waals surface area contributed by atoms with E-state index in [9.17, 15) is 4.79 Å². The Bertz CT molecular complexity index is 1780. The average Bonchev–Trinajstić information content (AvgIpc) is 3.72. The zero-order valence-electron chi connectivity index (χ0n) is 28.8. The van der Waals surface area contributed by atoms with Crippen LogP contribution in [-0.2, 0) is 34.2 Å². The van der Waals surface area contributed by atoms with Gasteiger partial charge in [0.1, 0.15) is 0 Å². The summed E-state index contributed by atoms with van der Waals surface area (Å²) in [5.74, 6) is 0.257. The van der Waals surface area contributed by atoms with E-state index in [2.05, 4.69) is 83.6 Å². The molecule has 0 fully saturated rings. The van der Waals surface area contributed by atoms with Gasteiger partial charge in [-0.1, -0.05) is 41.5 Å². The summed E-state index contributed by atoms with van der Waals surface area (Å²) >= 11 is 0. The van der Waals surface area contributed by atoms with E-state index < -0.39 is 5.41 Å². The molecule has 46 heavy (non-hydrogen) atoms. The van der Waals surface area contributed by atoms with Crippen molar-refractivity contribution in [3.8, 4) is 0 Å². The first-order chi connectivity index (χ1) is 20.6. The van der Waals surface area contributed by atoms with Gasteiger partial charge in [-0.05, 0) is 98.9 Å². The van der Waals surface area contributed by atoms with Crippen molar-refractivity contribution in [1.82, 2.24) is 19.9 Å². The number of hydrogen-bond donors (Lipinski definition) is 2. The van der Waals surface area contributed by atoms with Gasteiger partial charge in [0.2, 0.25) is 0 Å². The summed E-state index contributed by atoms with van der Waals surface area (Å²) in [7, 11) is 0. The Morgan fingerprint density at radius 2 is 1.43 bits per heavy atom.